The third-order valence-electron chi connectivity index (χ3n) is 4.44. The number of nitrogens with zero attached hydrogens (tertiary/aromatic N) is 5. The summed E-state index contributed by atoms with van der Waals surface area (Å²) in [4.78, 5) is 16.2. The minimum Gasteiger partial charge on any atom is -0.364 e. The second kappa shape index (κ2) is 8.17. The third kappa shape index (κ3) is 3.74. The Morgan fingerprint density at radius 1 is 1.13 bits per heavy atom. The first kappa shape index (κ1) is 19.9. The molecule has 0 saturated carbocycles. The Labute approximate surface area is 182 Å². The van der Waals surface area contributed by atoms with Crippen molar-refractivity contribution in [1.29, 1.82) is 0 Å². The molecule has 4 rings (SSSR count). The molecule has 4 aromatic rings. The highest BCUT2D eigenvalue weighted by molar-refractivity contribution is 6.37. The van der Waals surface area contributed by atoms with Crippen molar-refractivity contribution in [3.63, 3.8) is 0 Å². The lowest BCUT2D eigenvalue weighted by Crippen LogP contribution is -2.14. The highest BCUT2D eigenvalue weighted by Gasteiger charge is 2.18. The smallest absolute Gasteiger partial charge is 0.271 e. The molecule has 0 radical (unpaired) electrons. The summed E-state index contributed by atoms with van der Waals surface area (Å²) in [6.45, 7) is 2.02. The number of amides is 1. The molecule has 1 amide bonds. The Balaban J connectivity index is 1.66. The van der Waals surface area contributed by atoms with E-state index >= 15 is 0 Å². The van der Waals surface area contributed by atoms with E-state index in [1.54, 1.807) is 29.1 Å². The van der Waals surface area contributed by atoms with Crippen LogP contribution in [-0.4, -0.2) is 30.5 Å². The summed E-state index contributed by atoms with van der Waals surface area (Å²) in [7, 11) is 0. The number of nitrogens with one attached hydrogen (secondary N) is 1. The first-order valence-electron chi connectivity index (χ1n) is 9.08. The van der Waals surface area contributed by atoms with Gasteiger partial charge in [-0.05, 0) is 36.4 Å². The highest BCUT2D eigenvalue weighted by atomic mass is 35.5. The van der Waals surface area contributed by atoms with Crippen LogP contribution in [0.5, 0.6) is 0 Å². The maximum atomic E-state index is 11.9. The largest absolute Gasteiger partial charge is 0.364 e. The summed E-state index contributed by atoms with van der Waals surface area (Å²) in [6, 6.07) is 12.6. The fourth-order valence-electron chi connectivity index (χ4n) is 3.03. The third-order valence-corrected chi connectivity index (χ3v) is 5.05. The van der Waals surface area contributed by atoms with E-state index < -0.39 is 5.91 Å². The Bertz CT molecular complexity index is 1190. The molecule has 0 bridgehead atoms. The van der Waals surface area contributed by atoms with Crippen molar-refractivity contribution in [2.75, 3.05) is 5.32 Å². The van der Waals surface area contributed by atoms with Crippen LogP contribution in [-0.2, 0) is 6.42 Å². The molecule has 152 valence electrons. The van der Waals surface area contributed by atoms with Gasteiger partial charge in [-0.25, -0.2) is 14.3 Å². The zero-order chi connectivity index (χ0) is 21.3. The topological polar surface area (TPSA) is 104 Å². The van der Waals surface area contributed by atoms with Crippen molar-refractivity contribution in [3.05, 3.63) is 76.6 Å². The second-order valence-corrected chi connectivity index (χ2v) is 7.20. The van der Waals surface area contributed by atoms with Gasteiger partial charge in [0.15, 0.2) is 5.69 Å². The SMILES string of the molecule is CCc1ncnn1-c1ccc(Nc2cn(-c3c(Cl)cccc3Cl)nc2C(N)=O)cc1. The molecule has 2 aromatic heterocycles. The van der Waals surface area contributed by atoms with Gasteiger partial charge in [-0.1, -0.05) is 36.2 Å². The van der Waals surface area contributed by atoms with Gasteiger partial charge in [0.2, 0.25) is 0 Å². The molecule has 30 heavy (non-hydrogen) atoms. The molecule has 0 unspecified atom stereocenters. The fourth-order valence-corrected chi connectivity index (χ4v) is 3.60. The monoisotopic (exact) mass is 441 g/mol. The van der Waals surface area contributed by atoms with Gasteiger partial charge < -0.3 is 11.1 Å². The predicted octanol–water partition coefficient (Wildman–Crippen LogP) is 4.16. The van der Waals surface area contributed by atoms with Gasteiger partial charge in [-0.2, -0.15) is 10.2 Å². The molecule has 0 aliphatic carbocycles. The van der Waals surface area contributed by atoms with Crippen LogP contribution in [0.1, 0.15) is 23.2 Å². The van der Waals surface area contributed by atoms with Gasteiger partial charge in [0.25, 0.3) is 5.91 Å². The number of aromatic nitrogens is 5. The first-order chi connectivity index (χ1) is 14.5. The Hall–Kier alpha value is -3.36. The lowest BCUT2D eigenvalue weighted by Gasteiger charge is -2.08. The van der Waals surface area contributed by atoms with Crippen LogP contribution in [0.15, 0.2) is 55.0 Å². The average Bonchev–Trinajstić information content (AvgIpc) is 3.36. The van der Waals surface area contributed by atoms with Crippen LogP contribution in [0, 0.1) is 0 Å². The highest BCUT2D eigenvalue weighted by Crippen LogP contribution is 2.30. The van der Waals surface area contributed by atoms with Gasteiger partial charge in [0, 0.05) is 12.1 Å². The molecule has 0 aliphatic heterocycles. The van der Waals surface area contributed by atoms with E-state index in [1.807, 2.05) is 31.2 Å². The van der Waals surface area contributed by atoms with E-state index in [9.17, 15) is 4.79 Å². The number of para-hydroxylation sites is 1. The molecule has 2 aromatic carbocycles. The molecule has 0 fully saturated rings. The number of hydrogen-bond donors (Lipinski definition) is 2. The molecule has 0 atom stereocenters. The van der Waals surface area contributed by atoms with Crippen LogP contribution in [0.4, 0.5) is 11.4 Å². The zero-order valence-electron chi connectivity index (χ0n) is 15.9. The van der Waals surface area contributed by atoms with Gasteiger partial charge in [-0.15, -0.1) is 0 Å². The summed E-state index contributed by atoms with van der Waals surface area (Å²) in [5, 5.41) is 12.5. The molecule has 0 spiro atoms. The van der Waals surface area contributed by atoms with Crippen LogP contribution in [0.3, 0.4) is 0 Å². The minimum absolute atomic E-state index is 0.0691. The number of carbonyl (C=O) groups is 1. The van der Waals surface area contributed by atoms with E-state index in [-0.39, 0.29) is 5.69 Å². The predicted molar refractivity (Wildman–Crippen MR) is 116 cm³/mol. The van der Waals surface area contributed by atoms with E-state index in [2.05, 4.69) is 20.5 Å². The molecule has 0 aliphatic rings. The molecule has 3 N–H and O–H groups in total. The quantitative estimate of drug-likeness (QED) is 0.467. The van der Waals surface area contributed by atoms with E-state index in [4.69, 9.17) is 28.9 Å². The van der Waals surface area contributed by atoms with Crippen molar-refractivity contribution in [2.24, 2.45) is 5.73 Å². The number of rotatable bonds is 6. The van der Waals surface area contributed by atoms with E-state index in [1.165, 1.54) is 11.0 Å². The van der Waals surface area contributed by atoms with E-state index in [0.717, 1.165) is 23.6 Å². The number of hydrogen-bond acceptors (Lipinski definition) is 5. The summed E-state index contributed by atoms with van der Waals surface area (Å²) >= 11 is 12.5. The minimum atomic E-state index is -0.675. The Kier molecular flexibility index (Phi) is 5.43. The summed E-state index contributed by atoms with van der Waals surface area (Å²) in [5.41, 5.74) is 8.10. The number of anilines is 2. The van der Waals surface area contributed by atoms with Crippen LogP contribution in [0.25, 0.3) is 11.4 Å². The standard InChI is InChI=1S/C20H17Cl2N7O/c1-2-17-24-11-25-29(17)13-8-6-12(7-9-13)26-16-10-28(27-18(16)20(23)30)19-14(21)4-3-5-15(19)22/h3-11,26H,2H2,1H3,(H2,23,30). The summed E-state index contributed by atoms with van der Waals surface area (Å²) < 4.78 is 3.21. The molecule has 10 heteroatoms. The van der Waals surface area contributed by atoms with Gasteiger partial charge >= 0.3 is 0 Å². The number of primary amides is 1. The van der Waals surface area contributed by atoms with Crippen molar-refractivity contribution in [1.82, 2.24) is 24.5 Å². The summed E-state index contributed by atoms with van der Waals surface area (Å²) in [5.74, 6) is 0.191. The van der Waals surface area contributed by atoms with Crippen molar-refractivity contribution in [2.45, 2.75) is 13.3 Å². The maximum Gasteiger partial charge on any atom is 0.271 e. The lowest BCUT2D eigenvalue weighted by molar-refractivity contribution is 0.0996. The van der Waals surface area contributed by atoms with Gasteiger partial charge in [-0.3, -0.25) is 4.79 Å². The number of benzene rings is 2. The molecular formula is C20H17Cl2N7O. The summed E-state index contributed by atoms with van der Waals surface area (Å²) in [6.07, 6.45) is 3.91. The lowest BCUT2D eigenvalue weighted by atomic mass is 10.2. The van der Waals surface area contributed by atoms with Gasteiger partial charge in [0.1, 0.15) is 17.8 Å². The Morgan fingerprint density at radius 3 is 2.47 bits per heavy atom. The fraction of sp³-hybridized carbons (Fsp3) is 0.100. The number of nitrogens with two attached hydrogens (primary N) is 1. The number of halogens is 2. The van der Waals surface area contributed by atoms with Crippen LogP contribution < -0.4 is 11.1 Å². The van der Waals surface area contributed by atoms with E-state index in [0.29, 0.717) is 21.4 Å². The molecule has 8 nitrogen and oxygen atoms in total. The number of carbonyl (C=O) groups excluding carboxylic acids is 1. The normalized spacial score (nSPS) is 10.9. The number of aryl methyl sites for hydroxylation is 1. The molecule has 2 heterocycles. The zero-order valence-corrected chi connectivity index (χ0v) is 17.4. The maximum absolute atomic E-state index is 11.9. The molecular weight excluding hydrogens is 425 g/mol. The second-order valence-electron chi connectivity index (χ2n) is 6.38. The van der Waals surface area contributed by atoms with Gasteiger partial charge in [0.05, 0.1) is 27.6 Å². The molecule has 0 saturated heterocycles. The van der Waals surface area contributed by atoms with Crippen molar-refractivity contribution >= 4 is 40.5 Å². The van der Waals surface area contributed by atoms with Crippen molar-refractivity contribution < 1.29 is 4.79 Å². The average molecular weight is 442 g/mol. The Morgan fingerprint density at radius 2 is 1.83 bits per heavy atom. The first-order valence-corrected chi connectivity index (χ1v) is 9.83. The van der Waals surface area contributed by atoms with Crippen LogP contribution in [0.2, 0.25) is 10.0 Å². The van der Waals surface area contributed by atoms with Crippen LogP contribution >= 0.6 is 23.2 Å². The van der Waals surface area contributed by atoms with Crippen molar-refractivity contribution in [3.8, 4) is 11.4 Å².